The average molecular weight is 422 g/mol. The third-order valence-corrected chi connectivity index (χ3v) is 5.71. The van der Waals surface area contributed by atoms with Crippen molar-refractivity contribution < 1.29 is 4.79 Å². The Labute approximate surface area is 186 Å². The van der Waals surface area contributed by atoms with Crippen molar-refractivity contribution in [2.24, 2.45) is 0 Å². The van der Waals surface area contributed by atoms with Gasteiger partial charge >= 0.3 is 0 Å². The summed E-state index contributed by atoms with van der Waals surface area (Å²) in [5.41, 5.74) is 6.25. The van der Waals surface area contributed by atoms with Crippen molar-refractivity contribution in [3.8, 4) is 22.4 Å². The minimum atomic E-state index is -0.456. The fourth-order valence-electron chi connectivity index (χ4n) is 4.14. The minimum Gasteiger partial charge on any atom is -0.347 e. The van der Waals surface area contributed by atoms with Crippen LogP contribution in [0, 0.1) is 0 Å². The second-order valence-electron chi connectivity index (χ2n) is 8.44. The second kappa shape index (κ2) is 7.57. The Morgan fingerprint density at radius 3 is 2.44 bits per heavy atom. The largest absolute Gasteiger partial charge is 0.347 e. The summed E-state index contributed by atoms with van der Waals surface area (Å²) in [6.07, 6.45) is 3.62. The van der Waals surface area contributed by atoms with E-state index in [4.69, 9.17) is 4.98 Å². The summed E-state index contributed by atoms with van der Waals surface area (Å²) in [6, 6.07) is 22.6. The highest BCUT2D eigenvalue weighted by atomic mass is 16.1. The van der Waals surface area contributed by atoms with Crippen LogP contribution in [0.15, 0.2) is 79.3 Å². The Morgan fingerprint density at radius 1 is 0.969 bits per heavy atom. The summed E-state index contributed by atoms with van der Waals surface area (Å²) < 4.78 is 1.90. The number of aromatic nitrogens is 4. The fourth-order valence-corrected chi connectivity index (χ4v) is 4.14. The van der Waals surface area contributed by atoms with Crippen LogP contribution >= 0.6 is 0 Å². The van der Waals surface area contributed by atoms with Gasteiger partial charge in [-0.2, -0.15) is 0 Å². The van der Waals surface area contributed by atoms with Gasteiger partial charge in [-0.05, 0) is 37.1 Å². The molecule has 0 unspecified atom stereocenters. The first-order chi connectivity index (χ1) is 15.4. The van der Waals surface area contributed by atoms with E-state index in [2.05, 4.69) is 45.8 Å². The molecule has 0 aliphatic rings. The van der Waals surface area contributed by atoms with Gasteiger partial charge < -0.3 is 5.32 Å². The zero-order chi connectivity index (χ0) is 22.3. The minimum absolute atomic E-state index is 0.0542. The lowest BCUT2D eigenvalue weighted by atomic mass is 9.91. The highest BCUT2D eigenvalue weighted by Gasteiger charge is 2.22. The highest BCUT2D eigenvalue weighted by Crippen LogP contribution is 2.35. The van der Waals surface area contributed by atoms with Crippen LogP contribution in [0.1, 0.15) is 26.3 Å². The Balaban J connectivity index is 1.69. The highest BCUT2D eigenvalue weighted by molar-refractivity contribution is 5.98. The lowest BCUT2D eigenvalue weighted by molar-refractivity contribution is -0.120. The third-order valence-electron chi connectivity index (χ3n) is 5.71. The summed E-state index contributed by atoms with van der Waals surface area (Å²) in [5.74, 6) is -0.0542. The first-order valence-corrected chi connectivity index (χ1v) is 10.5. The van der Waals surface area contributed by atoms with E-state index < -0.39 is 5.54 Å². The van der Waals surface area contributed by atoms with Crippen LogP contribution in [0.3, 0.4) is 0 Å². The Hall–Kier alpha value is -4.06. The maximum atomic E-state index is 11.6. The summed E-state index contributed by atoms with van der Waals surface area (Å²) in [6.45, 7) is 5.53. The van der Waals surface area contributed by atoms with Gasteiger partial charge in [0.15, 0.2) is 5.65 Å². The molecule has 32 heavy (non-hydrogen) atoms. The Bertz CT molecular complexity index is 1440. The lowest BCUT2D eigenvalue weighted by Gasteiger charge is -2.26. The number of nitrogens with one attached hydrogen (secondary N) is 1. The fraction of sp³-hybridized carbons (Fsp3) is 0.154. The number of benzene rings is 2. The molecule has 0 radical (unpaired) electrons. The van der Waals surface area contributed by atoms with Gasteiger partial charge in [-0.25, -0.2) is 4.98 Å². The predicted molar refractivity (Wildman–Crippen MR) is 126 cm³/mol. The molecule has 6 nitrogen and oxygen atoms in total. The first-order valence-electron chi connectivity index (χ1n) is 10.5. The SMILES string of the molecule is CC(=O)NC(C)(C)c1ccc(-c2nc3ccn4cnnc4c3cc2-c2ccccc2)cc1. The molecule has 3 aromatic heterocycles. The van der Waals surface area contributed by atoms with Crippen LogP contribution in [0.5, 0.6) is 0 Å². The molecule has 158 valence electrons. The van der Waals surface area contributed by atoms with Crippen molar-refractivity contribution in [3.63, 3.8) is 0 Å². The van der Waals surface area contributed by atoms with E-state index in [1.165, 1.54) is 6.92 Å². The molecule has 6 heteroatoms. The summed E-state index contributed by atoms with van der Waals surface area (Å²) in [4.78, 5) is 16.6. The van der Waals surface area contributed by atoms with Gasteiger partial charge in [0.25, 0.3) is 0 Å². The Morgan fingerprint density at radius 2 is 1.72 bits per heavy atom. The summed E-state index contributed by atoms with van der Waals surface area (Å²) >= 11 is 0. The molecule has 1 amide bonds. The molecule has 0 saturated carbocycles. The molecular formula is C26H23N5O. The van der Waals surface area contributed by atoms with Crippen molar-refractivity contribution in [2.45, 2.75) is 26.3 Å². The molecule has 3 heterocycles. The molecular weight excluding hydrogens is 398 g/mol. The van der Waals surface area contributed by atoms with Crippen molar-refractivity contribution in [1.29, 1.82) is 0 Å². The number of pyridine rings is 2. The number of carbonyl (C=O) groups is 1. The maximum Gasteiger partial charge on any atom is 0.217 e. The normalized spacial score (nSPS) is 11.7. The van der Waals surface area contributed by atoms with Crippen LogP contribution < -0.4 is 5.32 Å². The van der Waals surface area contributed by atoms with Crippen LogP contribution in [0.4, 0.5) is 0 Å². The number of rotatable bonds is 4. The molecule has 5 aromatic rings. The molecule has 0 bridgehead atoms. The second-order valence-corrected chi connectivity index (χ2v) is 8.44. The van der Waals surface area contributed by atoms with E-state index in [9.17, 15) is 4.79 Å². The smallest absolute Gasteiger partial charge is 0.217 e. The van der Waals surface area contributed by atoms with E-state index in [-0.39, 0.29) is 5.91 Å². The monoisotopic (exact) mass is 421 g/mol. The van der Waals surface area contributed by atoms with Crippen LogP contribution in [-0.4, -0.2) is 25.5 Å². The van der Waals surface area contributed by atoms with E-state index in [1.54, 1.807) is 6.33 Å². The first kappa shape index (κ1) is 19.9. The molecule has 0 fully saturated rings. The third kappa shape index (κ3) is 3.50. The average Bonchev–Trinajstić information content (AvgIpc) is 3.27. The Kier molecular flexibility index (Phi) is 4.70. The predicted octanol–water partition coefficient (Wildman–Crippen LogP) is 4.98. The molecule has 0 aliphatic carbocycles. The number of nitrogens with zero attached hydrogens (tertiary/aromatic N) is 4. The van der Waals surface area contributed by atoms with Gasteiger partial charge in [-0.15, -0.1) is 10.2 Å². The maximum absolute atomic E-state index is 11.6. The molecule has 0 atom stereocenters. The van der Waals surface area contributed by atoms with E-state index in [0.29, 0.717) is 0 Å². The van der Waals surface area contributed by atoms with Crippen LogP contribution in [0.25, 0.3) is 38.9 Å². The standard InChI is InChI=1S/C26H23N5O/c1-17(32)29-26(2,3)20-11-9-19(10-12-20)24-21(18-7-5-4-6-8-18)15-22-23(28-24)13-14-31-16-27-30-25(22)31/h4-16H,1-3H3,(H,29,32). The molecule has 5 rings (SSSR count). The molecule has 0 spiro atoms. The van der Waals surface area contributed by atoms with E-state index in [0.717, 1.165) is 44.5 Å². The van der Waals surface area contributed by atoms with Gasteiger partial charge in [0.05, 0.1) is 16.7 Å². The number of carbonyl (C=O) groups excluding carboxylic acids is 1. The molecule has 0 saturated heterocycles. The summed E-state index contributed by atoms with van der Waals surface area (Å²) in [7, 11) is 0. The van der Waals surface area contributed by atoms with Crippen molar-refractivity contribution in [3.05, 3.63) is 84.8 Å². The number of hydrogen-bond donors (Lipinski definition) is 1. The number of hydrogen-bond acceptors (Lipinski definition) is 4. The van der Waals surface area contributed by atoms with Gasteiger partial charge in [0.2, 0.25) is 5.91 Å². The van der Waals surface area contributed by atoms with Crippen LogP contribution in [0.2, 0.25) is 0 Å². The van der Waals surface area contributed by atoms with Gasteiger partial charge in [0, 0.05) is 29.6 Å². The van der Waals surface area contributed by atoms with E-state index >= 15 is 0 Å². The van der Waals surface area contributed by atoms with Crippen LogP contribution in [-0.2, 0) is 10.3 Å². The van der Waals surface area contributed by atoms with E-state index in [1.807, 2.05) is 60.8 Å². The molecule has 2 aromatic carbocycles. The summed E-state index contributed by atoms with van der Waals surface area (Å²) in [5, 5.41) is 12.3. The molecule has 1 N–H and O–H groups in total. The van der Waals surface area contributed by atoms with Gasteiger partial charge in [-0.3, -0.25) is 9.20 Å². The van der Waals surface area contributed by atoms with Crippen molar-refractivity contribution in [2.75, 3.05) is 0 Å². The van der Waals surface area contributed by atoms with Gasteiger partial charge in [0.1, 0.15) is 6.33 Å². The number of fused-ring (bicyclic) bond motifs is 3. The lowest BCUT2D eigenvalue weighted by Crippen LogP contribution is -2.39. The van der Waals surface area contributed by atoms with Gasteiger partial charge in [-0.1, -0.05) is 54.6 Å². The topological polar surface area (TPSA) is 72.2 Å². The van der Waals surface area contributed by atoms with Crippen molar-refractivity contribution >= 4 is 22.5 Å². The zero-order valence-electron chi connectivity index (χ0n) is 18.2. The quantitative estimate of drug-likeness (QED) is 0.444. The molecule has 0 aliphatic heterocycles. The number of amides is 1. The zero-order valence-corrected chi connectivity index (χ0v) is 18.2. The van der Waals surface area contributed by atoms with Crippen molar-refractivity contribution in [1.82, 2.24) is 24.9 Å².